The molecule has 2 aliphatic heterocycles. The first-order valence-corrected chi connectivity index (χ1v) is 5.30. The van der Waals surface area contributed by atoms with Crippen LogP contribution in [0.2, 0.25) is 0 Å². The van der Waals surface area contributed by atoms with Gasteiger partial charge in [-0.1, -0.05) is 0 Å². The zero-order valence-corrected chi connectivity index (χ0v) is 6.92. The van der Waals surface area contributed by atoms with Crippen LogP contribution in [0, 0.1) is 0 Å². The van der Waals surface area contributed by atoms with Crippen LogP contribution in [0.3, 0.4) is 0 Å². The second-order valence-electron chi connectivity index (χ2n) is 3.26. The molecule has 0 aromatic rings. The van der Waals surface area contributed by atoms with Crippen LogP contribution in [0.4, 0.5) is 0 Å². The Kier molecular flexibility index (Phi) is 1.49. The van der Waals surface area contributed by atoms with Crippen molar-refractivity contribution < 1.29 is 13.0 Å². The molecule has 0 radical (unpaired) electrons. The number of nitrogens with zero attached hydrogens (tertiary/aromatic N) is 1. The van der Waals surface area contributed by atoms with Crippen LogP contribution >= 0.6 is 0 Å². The minimum atomic E-state index is -3.76. The van der Waals surface area contributed by atoms with E-state index in [4.69, 9.17) is 4.55 Å². The molecule has 0 aromatic heterocycles. The maximum Gasteiger partial charge on any atom is 0.270 e. The van der Waals surface area contributed by atoms with Crippen molar-refractivity contribution in [3.8, 4) is 0 Å². The molecule has 0 spiro atoms. The minimum absolute atomic E-state index is 0.116. The topological polar surface area (TPSA) is 57.6 Å². The molecule has 2 atom stereocenters. The summed E-state index contributed by atoms with van der Waals surface area (Å²) in [6.45, 7) is 1.53. The molecule has 1 N–H and O–H groups in total. The van der Waals surface area contributed by atoms with E-state index in [0.717, 1.165) is 19.4 Å². The first-order valence-electron chi connectivity index (χ1n) is 3.79. The van der Waals surface area contributed by atoms with E-state index in [1.165, 1.54) is 0 Å². The maximum absolute atomic E-state index is 10.7. The van der Waals surface area contributed by atoms with Crippen molar-refractivity contribution in [2.24, 2.45) is 0 Å². The summed E-state index contributed by atoms with van der Waals surface area (Å²) in [4.78, 5) is 2.11. The Bertz CT molecular complexity index is 261. The molecule has 64 valence electrons. The predicted octanol–water partition coefficient (Wildman–Crippen LogP) is -0.279. The van der Waals surface area contributed by atoms with Crippen molar-refractivity contribution in [3.05, 3.63) is 0 Å². The molecule has 2 saturated heterocycles. The highest BCUT2D eigenvalue weighted by Crippen LogP contribution is 2.32. The first-order chi connectivity index (χ1) is 5.09. The molecule has 0 amide bonds. The maximum atomic E-state index is 10.7. The van der Waals surface area contributed by atoms with Crippen LogP contribution in [0.25, 0.3) is 0 Å². The summed E-state index contributed by atoms with van der Waals surface area (Å²) < 4.78 is 30.1. The third-order valence-corrected chi connectivity index (χ3v) is 3.87. The fourth-order valence-electron chi connectivity index (χ4n) is 2.01. The predicted molar refractivity (Wildman–Crippen MR) is 39.9 cm³/mol. The van der Waals surface area contributed by atoms with Crippen molar-refractivity contribution in [1.82, 2.24) is 4.90 Å². The Morgan fingerprint density at radius 1 is 1.45 bits per heavy atom. The molecule has 2 aliphatic rings. The van der Waals surface area contributed by atoms with Gasteiger partial charge in [-0.25, -0.2) is 0 Å². The van der Waals surface area contributed by atoms with Gasteiger partial charge in [-0.3, -0.25) is 9.45 Å². The third-order valence-electron chi connectivity index (χ3n) is 2.64. The molecular formula is C6H11NO3S. The standard InChI is InChI=1S/C6H11NO3S/c8-11(9,10)6-4-7-3-1-2-5(6)7/h5-6H,1-4H2,(H,8,9,10). The zero-order chi connectivity index (χ0) is 8.06. The van der Waals surface area contributed by atoms with Crippen molar-refractivity contribution in [2.75, 3.05) is 13.1 Å². The Labute approximate surface area is 65.9 Å². The van der Waals surface area contributed by atoms with Crippen molar-refractivity contribution in [3.63, 3.8) is 0 Å². The van der Waals surface area contributed by atoms with E-state index in [2.05, 4.69) is 4.90 Å². The van der Waals surface area contributed by atoms with Crippen molar-refractivity contribution in [2.45, 2.75) is 24.1 Å². The molecule has 2 unspecified atom stereocenters. The number of rotatable bonds is 1. The van der Waals surface area contributed by atoms with Gasteiger partial charge in [0.1, 0.15) is 5.25 Å². The normalized spacial score (nSPS) is 38.3. The largest absolute Gasteiger partial charge is 0.298 e. The van der Waals surface area contributed by atoms with E-state index in [0.29, 0.717) is 6.54 Å². The summed E-state index contributed by atoms with van der Waals surface area (Å²) >= 11 is 0. The van der Waals surface area contributed by atoms with E-state index in [9.17, 15) is 8.42 Å². The molecule has 2 heterocycles. The van der Waals surface area contributed by atoms with Crippen molar-refractivity contribution >= 4 is 10.1 Å². The van der Waals surface area contributed by atoms with E-state index < -0.39 is 15.4 Å². The van der Waals surface area contributed by atoms with Gasteiger partial charge in [0.15, 0.2) is 0 Å². The SMILES string of the molecule is O=S(=O)(O)C1CN2CCCC12. The first kappa shape index (κ1) is 7.52. The molecule has 11 heavy (non-hydrogen) atoms. The average Bonchev–Trinajstić information content (AvgIpc) is 2.08. The summed E-state index contributed by atoms with van der Waals surface area (Å²) in [7, 11) is -3.76. The average molecular weight is 177 g/mol. The van der Waals surface area contributed by atoms with Crippen LogP contribution < -0.4 is 0 Å². The minimum Gasteiger partial charge on any atom is -0.298 e. The Balaban J connectivity index is 2.12. The molecule has 5 heteroatoms. The highest BCUT2D eigenvalue weighted by Gasteiger charge is 2.48. The van der Waals surface area contributed by atoms with Crippen LogP contribution in [-0.4, -0.2) is 42.3 Å². The van der Waals surface area contributed by atoms with E-state index in [-0.39, 0.29) is 6.04 Å². The van der Waals surface area contributed by atoms with E-state index in [1.54, 1.807) is 0 Å². The molecule has 0 aromatic carbocycles. The molecule has 0 aliphatic carbocycles. The Morgan fingerprint density at radius 2 is 2.18 bits per heavy atom. The summed E-state index contributed by atoms with van der Waals surface area (Å²) in [5.74, 6) is 0. The van der Waals surface area contributed by atoms with Gasteiger partial charge in [-0.2, -0.15) is 8.42 Å². The highest BCUT2D eigenvalue weighted by atomic mass is 32.2. The zero-order valence-electron chi connectivity index (χ0n) is 6.10. The van der Waals surface area contributed by atoms with E-state index in [1.807, 2.05) is 0 Å². The van der Waals surface area contributed by atoms with Gasteiger partial charge in [0.2, 0.25) is 0 Å². The second-order valence-corrected chi connectivity index (χ2v) is 4.89. The van der Waals surface area contributed by atoms with Gasteiger partial charge in [0.25, 0.3) is 10.1 Å². The van der Waals surface area contributed by atoms with Gasteiger partial charge in [-0.15, -0.1) is 0 Å². The van der Waals surface area contributed by atoms with Crippen LogP contribution in [0.15, 0.2) is 0 Å². The summed E-state index contributed by atoms with van der Waals surface area (Å²) in [5, 5.41) is -0.495. The molecule has 0 saturated carbocycles. The molecule has 2 rings (SSSR count). The lowest BCUT2D eigenvalue weighted by Crippen LogP contribution is -2.59. The van der Waals surface area contributed by atoms with Gasteiger partial charge in [0.05, 0.1) is 0 Å². The summed E-state index contributed by atoms with van der Waals surface area (Å²) in [6, 6.07) is 0.116. The van der Waals surface area contributed by atoms with E-state index >= 15 is 0 Å². The smallest absolute Gasteiger partial charge is 0.270 e. The number of hydrogen-bond acceptors (Lipinski definition) is 3. The third kappa shape index (κ3) is 1.07. The lowest BCUT2D eigenvalue weighted by atomic mass is 10.0. The van der Waals surface area contributed by atoms with Gasteiger partial charge in [0, 0.05) is 12.6 Å². The van der Waals surface area contributed by atoms with Gasteiger partial charge >= 0.3 is 0 Å². The fourth-order valence-corrected chi connectivity index (χ4v) is 3.09. The molecule has 4 nitrogen and oxygen atoms in total. The quantitative estimate of drug-likeness (QED) is 0.560. The van der Waals surface area contributed by atoms with Gasteiger partial charge in [-0.05, 0) is 19.4 Å². The second kappa shape index (κ2) is 2.18. The fraction of sp³-hybridized carbons (Fsp3) is 1.00. The number of hydrogen-bond donors (Lipinski definition) is 1. The van der Waals surface area contributed by atoms with Crippen LogP contribution in [0.5, 0.6) is 0 Å². The molecule has 2 fully saturated rings. The van der Waals surface area contributed by atoms with Crippen LogP contribution in [-0.2, 0) is 10.1 Å². The highest BCUT2D eigenvalue weighted by molar-refractivity contribution is 7.86. The summed E-state index contributed by atoms with van der Waals surface area (Å²) in [5.41, 5.74) is 0. The van der Waals surface area contributed by atoms with Gasteiger partial charge < -0.3 is 0 Å². The van der Waals surface area contributed by atoms with Crippen LogP contribution in [0.1, 0.15) is 12.8 Å². The lowest BCUT2D eigenvalue weighted by molar-refractivity contribution is 0.140. The Hall–Kier alpha value is -0.130. The Morgan fingerprint density at radius 3 is 2.73 bits per heavy atom. The van der Waals surface area contributed by atoms with Crippen molar-refractivity contribution in [1.29, 1.82) is 0 Å². The summed E-state index contributed by atoms with van der Waals surface area (Å²) in [6.07, 6.45) is 1.99. The number of fused-ring (bicyclic) bond motifs is 1. The molecular weight excluding hydrogens is 166 g/mol. The monoisotopic (exact) mass is 177 g/mol. The molecule has 0 bridgehead atoms. The lowest BCUT2D eigenvalue weighted by Gasteiger charge is -2.41.